The fourth-order valence-corrected chi connectivity index (χ4v) is 2.07. The number of pyridine rings is 1. The molecule has 0 spiro atoms. The van der Waals surface area contributed by atoms with Crippen LogP contribution in [-0.4, -0.2) is 29.3 Å². The Morgan fingerprint density at radius 3 is 2.50 bits per heavy atom. The first-order chi connectivity index (χ1) is 12.5. The number of nitrogens with zero attached hydrogens (tertiary/aromatic N) is 1. The van der Waals surface area contributed by atoms with Crippen LogP contribution in [0.4, 0.5) is 10.1 Å². The van der Waals surface area contributed by atoms with Crippen LogP contribution in [0.2, 0.25) is 0 Å². The van der Waals surface area contributed by atoms with E-state index in [1.807, 2.05) is 0 Å². The summed E-state index contributed by atoms with van der Waals surface area (Å²) in [7, 11) is 0. The number of carbonyl (C=O) groups excluding carboxylic acids is 3. The molecule has 7 nitrogen and oxygen atoms in total. The van der Waals surface area contributed by atoms with Crippen LogP contribution in [0.3, 0.4) is 0 Å². The number of carbonyl (C=O) groups is 3. The summed E-state index contributed by atoms with van der Waals surface area (Å²) in [5, 5.41) is 7.21. The van der Waals surface area contributed by atoms with Crippen LogP contribution in [-0.2, 0) is 20.9 Å². The van der Waals surface area contributed by atoms with Crippen molar-refractivity contribution in [1.82, 2.24) is 15.6 Å². The lowest BCUT2D eigenvalue weighted by Gasteiger charge is -2.08. The number of halogens is 1. The summed E-state index contributed by atoms with van der Waals surface area (Å²) in [6, 6.07) is 7.73. The molecular formula is C18H19FN4O3. The number of nitrogens with one attached hydrogen (secondary N) is 3. The molecule has 3 N–H and O–H groups in total. The van der Waals surface area contributed by atoms with Gasteiger partial charge in [0, 0.05) is 31.9 Å². The number of amides is 3. The van der Waals surface area contributed by atoms with Crippen molar-refractivity contribution in [3.8, 4) is 0 Å². The van der Waals surface area contributed by atoms with Gasteiger partial charge in [-0.2, -0.15) is 0 Å². The zero-order valence-electron chi connectivity index (χ0n) is 14.2. The second-order valence-corrected chi connectivity index (χ2v) is 5.58. The molecule has 0 atom stereocenters. The monoisotopic (exact) mass is 358 g/mol. The highest BCUT2D eigenvalue weighted by atomic mass is 19.1. The highest BCUT2D eigenvalue weighted by molar-refractivity contribution is 6.39. The van der Waals surface area contributed by atoms with Gasteiger partial charge in [-0.05, 0) is 42.3 Å². The molecule has 0 fully saturated rings. The van der Waals surface area contributed by atoms with Gasteiger partial charge in [-0.1, -0.05) is 6.07 Å². The Bertz CT molecular complexity index is 796. The Hall–Kier alpha value is -3.29. The third-order valence-corrected chi connectivity index (χ3v) is 3.45. The molecule has 1 heterocycles. The fraction of sp³-hybridized carbons (Fsp3) is 0.222. The predicted molar refractivity (Wildman–Crippen MR) is 93.5 cm³/mol. The van der Waals surface area contributed by atoms with E-state index in [-0.39, 0.29) is 24.6 Å². The van der Waals surface area contributed by atoms with Crippen LogP contribution in [0, 0.1) is 12.7 Å². The van der Waals surface area contributed by atoms with E-state index in [2.05, 4.69) is 20.9 Å². The summed E-state index contributed by atoms with van der Waals surface area (Å²) >= 11 is 0. The maximum Gasteiger partial charge on any atom is 0.313 e. The smallest absolute Gasteiger partial charge is 0.313 e. The Balaban J connectivity index is 1.71. The van der Waals surface area contributed by atoms with Crippen LogP contribution in [0.1, 0.15) is 17.5 Å². The molecule has 1 aromatic heterocycles. The zero-order valence-corrected chi connectivity index (χ0v) is 14.2. The summed E-state index contributed by atoms with van der Waals surface area (Å²) in [6.45, 7) is 2.08. The van der Waals surface area contributed by atoms with Gasteiger partial charge >= 0.3 is 11.8 Å². The van der Waals surface area contributed by atoms with E-state index in [1.165, 1.54) is 12.1 Å². The number of hydrogen-bond donors (Lipinski definition) is 3. The first-order valence-corrected chi connectivity index (χ1v) is 7.96. The highest BCUT2D eigenvalue weighted by Gasteiger charge is 2.15. The topological polar surface area (TPSA) is 100 Å². The second kappa shape index (κ2) is 9.26. The normalized spacial score (nSPS) is 10.1. The molecule has 2 rings (SSSR count). The molecular weight excluding hydrogens is 339 g/mol. The molecule has 1 aromatic carbocycles. The molecule has 0 aliphatic rings. The first kappa shape index (κ1) is 19.0. The van der Waals surface area contributed by atoms with E-state index in [0.717, 1.165) is 11.1 Å². The molecule has 0 saturated heterocycles. The Morgan fingerprint density at radius 1 is 1.04 bits per heavy atom. The van der Waals surface area contributed by atoms with Gasteiger partial charge in [0.25, 0.3) is 0 Å². The number of benzene rings is 1. The van der Waals surface area contributed by atoms with Gasteiger partial charge in [0.15, 0.2) is 0 Å². The minimum Gasteiger partial charge on any atom is -0.352 e. The lowest BCUT2D eigenvalue weighted by atomic mass is 10.2. The van der Waals surface area contributed by atoms with E-state index in [4.69, 9.17) is 0 Å². The van der Waals surface area contributed by atoms with Gasteiger partial charge in [-0.3, -0.25) is 19.4 Å². The van der Waals surface area contributed by atoms with Gasteiger partial charge in [0.2, 0.25) is 5.91 Å². The number of anilines is 1. The summed E-state index contributed by atoms with van der Waals surface area (Å²) in [5.74, 6) is -2.83. The van der Waals surface area contributed by atoms with Crippen LogP contribution in [0.25, 0.3) is 0 Å². The van der Waals surface area contributed by atoms with E-state index >= 15 is 0 Å². The molecule has 0 saturated carbocycles. The maximum atomic E-state index is 13.6. The molecule has 3 amide bonds. The van der Waals surface area contributed by atoms with Gasteiger partial charge in [0.05, 0.1) is 5.69 Å². The Labute approximate surface area is 150 Å². The minimum atomic E-state index is -0.994. The molecule has 8 heteroatoms. The standard InChI is InChI=1S/C18H19FN4O3/c1-12-2-3-14(19)15(10-12)23-18(26)17(25)21-9-6-16(24)22-11-13-4-7-20-8-5-13/h2-5,7-8,10H,6,9,11H2,1H3,(H,21,25)(H,22,24)(H,23,26). The van der Waals surface area contributed by atoms with Crippen molar-refractivity contribution < 1.29 is 18.8 Å². The molecule has 0 unspecified atom stereocenters. The molecule has 0 bridgehead atoms. The van der Waals surface area contributed by atoms with E-state index in [0.29, 0.717) is 6.54 Å². The van der Waals surface area contributed by atoms with Gasteiger partial charge in [-0.25, -0.2) is 4.39 Å². The predicted octanol–water partition coefficient (Wildman–Crippen LogP) is 1.29. The summed E-state index contributed by atoms with van der Waals surface area (Å²) in [5.41, 5.74) is 1.57. The van der Waals surface area contributed by atoms with Crippen molar-refractivity contribution in [2.45, 2.75) is 19.9 Å². The van der Waals surface area contributed by atoms with Crippen LogP contribution in [0.5, 0.6) is 0 Å². The third kappa shape index (κ3) is 5.97. The molecule has 2 aromatic rings. The Kier molecular flexibility index (Phi) is 6.78. The quantitative estimate of drug-likeness (QED) is 0.678. The first-order valence-electron chi connectivity index (χ1n) is 7.96. The van der Waals surface area contributed by atoms with Crippen molar-refractivity contribution in [2.75, 3.05) is 11.9 Å². The molecule has 0 aliphatic carbocycles. The van der Waals surface area contributed by atoms with Crippen molar-refractivity contribution in [2.24, 2.45) is 0 Å². The average molecular weight is 358 g/mol. The van der Waals surface area contributed by atoms with Gasteiger partial charge in [0.1, 0.15) is 5.82 Å². The van der Waals surface area contributed by atoms with Crippen LogP contribution < -0.4 is 16.0 Å². The molecule has 0 radical (unpaired) electrons. The summed E-state index contributed by atoms with van der Waals surface area (Å²) in [6.07, 6.45) is 3.26. The number of rotatable bonds is 6. The average Bonchev–Trinajstić information content (AvgIpc) is 2.63. The third-order valence-electron chi connectivity index (χ3n) is 3.45. The van der Waals surface area contributed by atoms with Crippen molar-refractivity contribution in [1.29, 1.82) is 0 Å². The maximum absolute atomic E-state index is 13.6. The lowest BCUT2D eigenvalue weighted by molar-refractivity contribution is -0.136. The van der Waals surface area contributed by atoms with Crippen LogP contribution in [0.15, 0.2) is 42.7 Å². The van der Waals surface area contributed by atoms with Crippen LogP contribution >= 0.6 is 0 Å². The van der Waals surface area contributed by atoms with E-state index < -0.39 is 17.6 Å². The minimum absolute atomic E-state index is 0.00919. The second-order valence-electron chi connectivity index (χ2n) is 5.58. The Morgan fingerprint density at radius 2 is 1.77 bits per heavy atom. The zero-order chi connectivity index (χ0) is 18.9. The summed E-state index contributed by atoms with van der Waals surface area (Å²) in [4.78, 5) is 39.1. The van der Waals surface area contributed by atoms with Gasteiger partial charge in [-0.15, -0.1) is 0 Å². The largest absolute Gasteiger partial charge is 0.352 e. The SMILES string of the molecule is Cc1ccc(F)c(NC(=O)C(=O)NCCC(=O)NCc2ccncc2)c1. The van der Waals surface area contributed by atoms with Gasteiger partial charge < -0.3 is 16.0 Å². The number of aromatic nitrogens is 1. The number of hydrogen-bond acceptors (Lipinski definition) is 4. The summed E-state index contributed by atoms with van der Waals surface area (Å²) < 4.78 is 13.6. The highest BCUT2D eigenvalue weighted by Crippen LogP contribution is 2.15. The molecule has 0 aliphatic heterocycles. The van der Waals surface area contributed by atoms with Crippen molar-refractivity contribution in [3.63, 3.8) is 0 Å². The fourth-order valence-electron chi connectivity index (χ4n) is 2.07. The van der Waals surface area contributed by atoms with E-state index in [9.17, 15) is 18.8 Å². The molecule has 26 heavy (non-hydrogen) atoms. The van der Waals surface area contributed by atoms with Crippen molar-refractivity contribution in [3.05, 3.63) is 59.7 Å². The van der Waals surface area contributed by atoms with E-state index in [1.54, 1.807) is 37.5 Å². The molecule has 136 valence electrons. The van der Waals surface area contributed by atoms with Crippen molar-refractivity contribution >= 4 is 23.4 Å². The number of aryl methyl sites for hydroxylation is 1. The lowest BCUT2D eigenvalue weighted by Crippen LogP contribution is -2.37.